The predicted molar refractivity (Wildman–Crippen MR) is 173 cm³/mol. The summed E-state index contributed by atoms with van der Waals surface area (Å²) in [5.41, 5.74) is 0. The maximum atomic E-state index is 13.2. The molecule has 0 radical (unpaired) electrons. The van der Waals surface area contributed by atoms with Gasteiger partial charge in [0.15, 0.2) is 33.4 Å². The lowest BCUT2D eigenvalue weighted by Gasteiger charge is -2.31. The first-order chi connectivity index (χ1) is 29.3. The Bertz CT molecular complexity index is 1480. The van der Waals surface area contributed by atoms with Gasteiger partial charge >= 0.3 is 78.0 Å². The second-order valence-corrected chi connectivity index (χ2v) is 10.1. The van der Waals surface area contributed by atoms with Crippen LogP contribution < -0.4 is 0 Å². The number of methoxy groups -OCH3 is 1. The number of rotatable bonds is 21. The highest BCUT2D eigenvalue weighted by atomic mass is 19.4. The molecule has 65 heavy (non-hydrogen) atoms. The molecule has 0 rings (SSSR count). The zero-order valence-corrected chi connectivity index (χ0v) is 32.4. The maximum absolute atomic E-state index is 13.2. The highest BCUT2D eigenvalue weighted by Gasteiger charge is 2.70. The molecule has 0 aliphatic carbocycles. The van der Waals surface area contributed by atoms with Crippen LogP contribution in [0.3, 0.4) is 0 Å². The van der Waals surface area contributed by atoms with E-state index in [0.717, 1.165) is 12.2 Å². The molecule has 0 amide bonds. The topological polar surface area (TPSA) is 159 Å². The smallest absolute Gasteiger partial charge is 0.462 e. The zero-order chi connectivity index (χ0) is 52.7. The quantitative estimate of drug-likeness (QED) is 0.0356. The van der Waals surface area contributed by atoms with Crippen molar-refractivity contribution in [2.75, 3.05) is 53.7 Å². The standard InChI is InChI=1S/C9H12O4.C8H5F9O3.C7H7F5O2.C6H5F5O3.C2H5FO/c1-3-8(10)12-6-5-7-13-9(11)4-2;1-2-4(18)19-3-5(9,6(10,11)12)20-8(16,17)7(13,14)15;1-2-5(13)14-4-7(11,12)6(9,10)3-8;1-2-4(12)13-3-5(7,14-11)6(8,9)10;1-4-2-3/h3-4H,1-2,5-7H2;2H,1,3H2;2H,1,3-4H2;2H,1,3H2;2H2,1H3. The van der Waals surface area contributed by atoms with E-state index in [-0.39, 0.29) is 19.3 Å². The summed E-state index contributed by atoms with van der Waals surface area (Å²) in [7, 11) is 1.31. The Morgan fingerprint density at radius 3 is 1.00 bits per heavy atom. The molecule has 0 aliphatic heterocycles. The fourth-order valence-corrected chi connectivity index (χ4v) is 1.97. The Labute approximate surface area is 352 Å². The second kappa shape index (κ2) is 31.4. The van der Waals surface area contributed by atoms with E-state index in [1.54, 1.807) is 0 Å². The monoisotopic (exact) mass is 1010 g/mol. The fraction of sp³-hybridized carbons (Fsp3) is 0.531. The highest BCUT2D eigenvalue weighted by molar-refractivity contribution is 5.82. The summed E-state index contributed by atoms with van der Waals surface area (Å²) in [6.07, 6.45) is -21.1. The molecule has 0 aromatic carbocycles. The van der Waals surface area contributed by atoms with E-state index in [2.05, 4.69) is 71.0 Å². The van der Waals surface area contributed by atoms with Crippen LogP contribution in [0.5, 0.6) is 0 Å². The van der Waals surface area contributed by atoms with Gasteiger partial charge in [0, 0.05) is 43.9 Å². The molecule has 0 heterocycles. The average Bonchev–Trinajstić information content (AvgIpc) is 3.22. The molecule has 33 heteroatoms. The molecule has 0 saturated heterocycles. The molecule has 380 valence electrons. The van der Waals surface area contributed by atoms with E-state index in [4.69, 9.17) is 0 Å². The van der Waals surface area contributed by atoms with Crippen molar-refractivity contribution in [2.24, 2.45) is 0 Å². The van der Waals surface area contributed by atoms with Gasteiger partial charge in [0.2, 0.25) is 0 Å². The van der Waals surface area contributed by atoms with Crippen molar-refractivity contribution < 1.29 is 150 Å². The number of alkyl halides is 19. The average molecular weight is 1010 g/mol. The number of carbonyl (C=O) groups excluding carboxylic acids is 5. The lowest BCUT2D eigenvalue weighted by molar-refractivity contribution is -0.473. The van der Waals surface area contributed by atoms with Crippen molar-refractivity contribution in [2.45, 2.75) is 54.6 Å². The summed E-state index contributed by atoms with van der Waals surface area (Å²) in [5, 5.41) is 0. The van der Waals surface area contributed by atoms with Crippen molar-refractivity contribution in [3.63, 3.8) is 0 Å². The minimum Gasteiger partial charge on any atom is -0.462 e. The van der Waals surface area contributed by atoms with Gasteiger partial charge in [0.1, 0.15) is 0 Å². The summed E-state index contributed by atoms with van der Waals surface area (Å²) in [4.78, 5) is 54.0. The summed E-state index contributed by atoms with van der Waals surface area (Å²) in [6, 6.07) is 0. The van der Waals surface area contributed by atoms with Crippen LogP contribution in [-0.4, -0.2) is 132 Å². The van der Waals surface area contributed by atoms with E-state index in [1.807, 2.05) is 0 Å². The molecule has 0 aliphatic rings. The number of carbonyl (C=O) groups is 5. The van der Waals surface area contributed by atoms with Gasteiger partial charge in [-0.2, -0.15) is 74.6 Å². The maximum Gasteiger partial charge on any atom is 0.483 e. The normalized spacial score (nSPS) is 13.3. The largest absolute Gasteiger partial charge is 0.483 e. The first-order valence-electron chi connectivity index (χ1n) is 15.6. The molecule has 0 saturated carbocycles. The van der Waals surface area contributed by atoms with Crippen LogP contribution in [0.4, 0.5) is 87.9 Å². The van der Waals surface area contributed by atoms with Crippen LogP contribution in [0.25, 0.3) is 0 Å². The third-order valence-electron chi connectivity index (χ3n) is 5.21. The third kappa shape index (κ3) is 29.6. The summed E-state index contributed by atoms with van der Waals surface area (Å²) < 4.78 is 265. The molecule has 0 fully saturated rings. The van der Waals surface area contributed by atoms with Gasteiger partial charge in [0.05, 0.1) is 13.2 Å². The molecule has 0 spiro atoms. The van der Waals surface area contributed by atoms with Crippen LogP contribution in [0.15, 0.2) is 63.3 Å². The van der Waals surface area contributed by atoms with Gasteiger partial charge in [-0.1, -0.05) is 32.9 Å². The molecule has 2 atom stereocenters. The van der Waals surface area contributed by atoms with Gasteiger partial charge in [-0.05, 0) is 4.53 Å². The van der Waals surface area contributed by atoms with E-state index < -0.39 is 111 Å². The second-order valence-electron chi connectivity index (χ2n) is 10.1. The minimum atomic E-state index is -6.60. The number of hydrogen-bond donors (Lipinski definition) is 0. The molecular formula is C32H34F20O13. The van der Waals surface area contributed by atoms with Gasteiger partial charge in [0.25, 0.3) is 0 Å². The Kier molecular flexibility index (Phi) is 33.1. The molecule has 13 nitrogen and oxygen atoms in total. The molecule has 0 aromatic heterocycles. The first kappa shape index (κ1) is 68.6. The highest BCUT2D eigenvalue weighted by Crippen LogP contribution is 2.45. The van der Waals surface area contributed by atoms with Crippen molar-refractivity contribution in [1.82, 2.24) is 0 Å². The Morgan fingerprint density at radius 1 is 0.462 bits per heavy atom. The van der Waals surface area contributed by atoms with Crippen molar-refractivity contribution in [3.05, 3.63) is 63.3 Å². The van der Waals surface area contributed by atoms with Crippen LogP contribution in [0.2, 0.25) is 0 Å². The first-order valence-corrected chi connectivity index (χ1v) is 15.6. The molecular weight excluding hydrogens is 972 g/mol. The van der Waals surface area contributed by atoms with E-state index in [9.17, 15) is 112 Å². The number of hydrogen-bond acceptors (Lipinski definition) is 13. The van der Waals surface area contributed by atoms with Crippen LogP contribution in [0, 0.1) is 0 Å². The Morgan fingerprint density at radius 2 is 0.754 bits per heavy atom. The van der Waals surface area contributed by atoms with Crippen molar-refractivity contribution in [1.29, 1.82) is 0 Å². The summed E-state index contributed by atoms with van der Waals surface area (Å²) in [6.45, 7) is 5.70. The number of halogens is 20. The Balaban J connectivity index is -0.000000242. The molecule has 0 aromatic rings. The summed E-state index contributed by atoms with van der Waals surface area (Å²) >= 11 is 0. The van der Waals surface area contributed by atoms with Crippen LogP contribution in [-0.2, 0) is 62.1 Å². The molecule has 0 bridgehead atoms. The third-order valence-corrected chi connectivity index (χ3v) is 5.21. The minimum absolute atomic E-state index is 0.218. The van der Waals surface area contributed by atoms with Gasteiger partial charge in [-0.25, -0.2) is 32.8 Å². The predicted octanol–water partition coefficient (Wildman–Crippen LogP) is 8.31. The van der Waals surface area contributed by atoms with E-state index in [1.165, 1.54) is 7.11 Å². The SMILES string of the molecule is C=CC(=O)OCC(F)(F)C(F)(F)CF.C=CC(=O)OCC(F)(OC(F)(F)C(F)(F)F)C(F)(F)F.C=CC(=O)OCC(F)(OF)C(F)(F)F.C=CC(=O)OCCCOC(=O)C=C.COCF. The molecule has 2 unspecified atom stereocenters. The lowest BCUT2D eigenvalue weighted by atomic mass is 10.2. The van der Waals surface area contributed by atoms with Gasteiger partial charge < -0.3 is 28.4 Å². The van der Waals surface area contributed by atoms with Gasteiger partial charge in [-0.15, -0.1) is 4.94 Å². The zero-order valence-electron chi connectivity index (χ0n) is 32.4. The lowest BCUT2D eigenvalue weighted by Crippen LogP contribution is -2.55. The molecule has 0 N–H and O–H groups in total. The van der Waals surface area contributed by atoms with Crippen molar-refractivity contribution >= 4 is 29.8 Å². The van der Waals surface area contributed by atoms with E-state index >= 15 is 0 Å². The van der Waals surface area contributed by atoms with Gasteiger partial charge in [-0.3, -0.25) is 4.74 Å². The van der Waals surface area contributed by atoms with Crippen molar-refractivity contribution in [3.8, 4) is 0 Å². The number of esters is 5. The Hall–Kier alpha value is -5.47. The number of ether oxygens (including phenoxy) is 7. The fourth-order valence-electron chi connectivity index (χ4n) is 1.97. The van der Waals surface area contributed by atoms with Crippen LogP contribution in [0.1, 0.15) is 6.42 Å². The van der Waals surface area contributed by atoms with E-state index in [0.29, 0.717) is 18.6 Å². The van der Waals surface area contributed by atoms with Crippen LogP contribution >= 0.6 is 0 Å². The summed E-state index contributed by atoms with van der Waals surface area (Å²) in [5.74, 6) is -25.0.